The number of halogens is 2. The Morgan fingerprint density at radius 3 is 2.59 bits per heavy atom. The molecule has 4 aromatic rings. The number of pyridine rings is 1. The van der Waals surface area contributed by atoms with Gasteiger partial charge in [0.15, 0.2) is 0 Å². The average molecular weight is 526 g/mol. The Kier molecular flexibility index (Phi) is 6.70. The van der Waals surface area contributed by atoms with E-state index in [2.05, 4.69) is 20.9 Å². The van der Waals surface area contributed by atoms with Crippen molar-refractivity contribution in [3.63, 3.8) is 0 Å². The molecule has 6 nitrogen and oxygen atoms in total. The number of hydrogen-bond acceptors (Lipinski definition) is 4. The highest BCUT2D eigenvalue weighted by Crippen LogP contribution is 2.28. The smallest absolute Gasteiger partial charge is 0.309 e. The summed E-state index contributed by atoms with van der Waals surface area (Å²) in [6.07, 6.45) is 1.87. The molecule has 0 saturated carbocycles. The fourth-order valence-corrected chi connectivity index (χ4v) is 3.88. The van der Waals surface area contributed by atoms with Crippen LogP contribution in [0.3, 0.4) is 0 Å². The van der Waals surface area contributed by atoms with Crippen LogP contribution in [0, 0.1) is 18.2 Å². The summed E-state index contributed by atoms with van der Waals surface area (Å²) in [5.74, 6) is -0.0602. The van der Waals surface area contributed by atoms with Gasteiger partial charge in [-0.15, -0.1) is 0 Å². The highest BCUT2D eigenvalue weighted by atomic mass is 79.9. The van der Waals surface area contributed by atoms with Gasteiger partial charge in [-0.1, -0.05) is 28.1 Å². The molecule has 0 spiro atoms. The summed E-state index contributed by atoms with van der Waals surface area (Å²) in [5, 5.41) is 9.65. The number of imidazole rings is 1. The van der Waals surface area contributed by atoms with Gasteiger partial charge in [-0.2, -0.15) is 0 Å². The summed E-state index contributed by atoms with van der Waals surface area (Å²) in [4.78, 5) is 20.6. The number of fused-ring (bicyclic) bond motifs is 1. The maximum atomic E-state index is 14.2. The molecule has 4 rings (SSSR count). The Morgan fingerprint density at radius 2 is 1.91 bits per heavy atom. The van der Waals surface area contributed by atoms with E-state index < -0.39 is 17.2 Å². The maximum absolute atomic E-state index is 14.2. The molecule has 1 N–H and O–H groups in total. The molecule has 8 heteroatoms. The fourth-order valence-electron chi connectivity index (χ4n) is 3.62. The molecule has 0 aliphatic heterocycles. The second kappa shape index (κ2) is 9.54. The molecule has 0 aliphatic carbocycles. The van der Waals surface area contributed by atoms with E-state index in [-0.39, 0.29) is 18.7 Å². The Labute approximate surface area is 205 Å². The minimum atomic E-state index is -0.979. The minimum absolute atomic E-state index is 0.00261. The van der Waals surface area contributed by atoms with Gasteiger partial charge in [0.05, 0.1) is 16.4 Å². The first-order valence-corrected chi connectivity index (χ1v) is 11.6. The zero-order valence-electron chi connectivity index (χ0n) is 19.2. The third-order valence-electron chi connectivity index (χ3n) is 5.66. The number of benzene rings is 2. The number of hydrogen-bond donors (Lipinski definition) is 1. The normalized spacial score (nSPS) is 11.7. The molecular weight excluding hydrogens is 501 g/mol. The molecule has 0 amide bonds. The molecule has 0 atom stereocenters. The number of nitrogens with zero attached hydrogens (tertiary/aromatic N) is 3. The van der Waals surface area contributed by atoms with Gasteiger partial charge in [-0.3, -0.25) is 9.78 Å². The van der Waals surface area contributed by atoms with Gasteiger partial charge in [0.25, 0.3) is 0 Å². The van der Waals surface area contributed by atoms with E-state index in [1.807, 2.05) is 41.0 Å². The number of carboxylic acid groups (broad SMARTS) is 1. The predicted octanol–water partition coefficient (Wildman–Crippen LogP) is 5.92. The third kappa shape index (κ3) is 5.28. The van der Waals surface area contributed by atoms with Gasteiger partial charge < -0.3 is 14.4 Å². The number of carbonyl (C=O) groups is 1. The van der Waals surface area contributed by atoms with Crippen LogP contribution in [0.4, 0.5) is 4.39 Å². The summed E-state index contributed by atoms with van der Waals surface area (Å²) >= 11 is 3.46. The lowest BCUT2D eigenvalue weighted by Crippen LogP contribution is -2.27. The van der Waals surface area contributed by atoms with Crippen molar-refractivity contribution in [3.05, 3.63) is 87.7 Å². The first-order chi connectivity index (χ1) is 16.1. The largest absolute Gasteiger partial charge is 0.487 e. The highest BCUT2D eigenvalue weighted by Gasteiger charge is 2.30. The van der Waals surface area contributed by atoms with Gasteiger partial charge in [-0.25, -0.2) is 9.37 Å². The maximum Gasteiger partial charge on any atom is 0.309 e. The van der Waals surface area contributed by atoms with E-state index in [1.54, 1.807) is 33.0 Å². The molecular formula is C26H25BrFN3O3. The molecule has 34 heavy (non-hydrogen) atoms. The second-order valence-electron chi connectivity index (χ2n) is 8.99. The van der Waals surface area contributed by atoms with E-state index in [4.69, 9.17) is 9.72 Å². The van der Waals surface area contributed by atoms with E-state index in [0.717, 1.165) is 26.6 Å². The summed E-state index contributed by atoms with van der Waals surface area (Å²) in [6.45, 7) is 5.68. The van der Waals surface area contributed by atoms with Crippen LogP contribution in [-0.4, -0.2) is 25.6 Å². The van der Waals surface area contributed by atoms with Crippen molar-refractivity contribution in [1.82, 2.24) is 14.5 Å². The number of rotatable bonds is 8. The van der Waals surface area contributed by atoms with E-state index >= 15 is 0 Å². The van der Waals surface area contributed by atoms with Crippen LogP contribution in [0.1, 0.15) is 36.5 Å². The lowest BCUT2D eigenvalue weighted by molar-refractivity contribution is -0.146. The molecule has 2 aromatic heterocycles. The molecule has 0 aliphatic rings. The molecule has 2 heterocycles. The number of ether oxygens (including phenoxy) is 1. The zero-order valence-corrected chi connectivity index (χ0v) is 20.8. The van der Waals surface area contributed by atoms with Crippen LogP contribution >= 0.6 is 15.9 Å². The quantitative estimate of drug-likeness (QED) is 0.308. The van der Waals surface area contributed by atoms with Crippen molar-refractivity contribution < 1.29 is 19.0 Å². The van der Waals surface area contributed by atoms with Crippen molar-refractivity contribution >= 4 is 32.9 Å². The molecule has 176 valence electrons. The second-order valence-corrected chi connectivity index (χ2v) is 9.90. The van der Waals surface area contributed by atoms with Crippen LogP contribution in [0.2, 0.25) is 0 Å². The summed E-state index contributed by atoms with van der Waals surface area (Å²) in [7, 11) is 0. The zero-order chi connectivity index (χ0) is 24.5. The fraction of sp³-hybridized carbons (Fsp3) is 0.269. The van der Waals surface area contributed by atoms with Gasteiger partial charge in [0.2, 0.25) is 0 Å². The van der Waals surface area contributed by atoms with Gasteiger partial charge in [0.1, 0.15) is 29.7 Å². The minimum Gasteiger partial charge on any atom is -0.487 e. The molecule has 0 bridgehead atoms. The van der Waals surface area contributed by atoms with Crippen molar-refractivity contribution in [3.8, 4) is 5.75 Å². The molecule has 0 radical (unpaired) electrons. The van der Waals surface area contributed by atoms with Crippen LogP contribution < -0.4 is 4.74 Å². The van der Waals surface area contributed by atoms with Crippen LogP contribution in [0.25, 0.3) is 11.0 Å². The van der Waals surface area contributed by atoms with Crippen LogP contribution in [-0.2, 0) is 24.4 Å². The van der Waals surface area contributed by atoms with E-state index in [0.29, 0.717) is 18.1 Å². The number of aliphatic carboxylic acids is 1. The first kappa shape index (κ1) is 23.9. The predicted molar refractivity (Wildman–Crippen MR) is 131 cm³/mol. The Morgan fingerprint density at radius 1 is 1.18 bits per heavy atom. The van der Waals surface area contributed by atoms with E-state index in [1.165, 1.54) is 6.07 Å². The van der Waals surface area contributed by atoms with Crippen molar-refractivity contribution in [1.29, 1.82) is 0 Å². The third-order valence-corrected chi connectivity index (χ3v) is 6.19. The number of aromatic nitrogens is 3. The molecule has 0 fully saturated rings. The van der Waals surface area contributed by atoms with Gasteiger partial charge in [-0.05, 0) is 62.2 Å². The summed E-state index contributed by atoms with van der Waals surface area (Å²) < 4.78 is 23.0. The Bertz CT molecular complexity index is 1350. The van der Waals surface area contributed by atoms with Crippen LogP contribution in [0.15, 0.2) is 59.2 Å². The number of carboxylic acids is 1. The SMILES string of the molecule is Cc1cnc(COc2ccc3nc(CC(C)(C)C(=O)O)n(Cc4ccc(Br)cc4)c3c2)c(F)c1. The summed E-state index contributed by atoms with van der Waals surface area (Å²) in [6, 6.07) is 14.8. The topological polar surface area (TPSA) is 77.2 Å². The van der Waals surface area contributed by atoms with Crippen molar-refractivity contribution in [2.45, 2.75) is 40.3 Å². The van der Waals surface area contributed by atoms with Gasteiger partial charge in [0, 0.05) is 29.7 Å². The van der Waals surface area contributed by atoms with E-state index in [9.17, 15) is 14.3 Å². The van der Waals surface area contributed by atoms with Crippen molar-refractivity contribution in [2.24, 2.45) is 5.41 Å². The van der Waals surface area contributed by atoms with Crippen molar-refractivity contribution in [2.75, 3.05) is 0 Å². The monoisotopic (exact) mass is 525 g/mol. The van der Waals surface area contributed by atoms with Gasteiger partial charge >= 0.3 is 5.97 Å². The molecule has 0 unspecified atom stereocenters. The standard InChI is InChI=1S/C26H25BrFN3O3/c1-16-10-20(28)22(29-13-16)15-34-19-8-9-21-23(11-19)31(14-17-4-6-18(27)7-5-17)24(30-21)12-26(2,3)25(32)33/h4-11,13H,12,14-15H2,1-3H3,(H,32,33). The molecule has 0 saturated heterocycles. The average Bonchev–Trinajstić information content (AvgIpc) is 3.10. The summed E-state index contributed by atoms with van der Waals surface area (Å²) in [5.41, 5.74) is 2.60. The highest BCUT2D eigenvalue weighted by molar-refractivity contribution is 9.10. The lowest BCUT2D eigenvalue weighted by Gasteiger charge is -2.19. The lowest BCUT2D eigenvalue weighted by atomic mass is 9.89. The first-order valence-electron chi connectivity index (χ1n) is 10.8. The molecule has 2 aromatic carbocycles. The van der Waals surface area contributed by atoms with Crippen LogP contribution in [0.5, 0.6) is 5.75 Å². The Balaban J connectivity index is 1.69. The number of aryl methyl sites for hydroxylation is 1. The Hall–Kier alpha value is -3.26.